The molecule has 0 radical (unpaired) electrons. The Kier molecular flexibility index (Phi) is 6.60. The Morgan fingerprint density at radius 2 is 2.00 bits per heavy atom. The van der Waals surface area contributed by atoms with Crippen molar-refractivity contribution in [1.82, 2.24) is 4.90 Å². The van der Waals surface area contributed by atoms with Crippen molar-refractivity contribution in [3.05, 3.63) is 52.2 Å². The lowest BCUT2D eigenvalue weighted by molar-refractivity contribution is 0.322. The van der Waals surface area contributed by atoms with Gasteiger partial charge in [0.15, 0.2) is 5.11 Å². The van der Waals surface area contributed by atoms with Crippen LogP contribution in [0, 0.1) is 12.8 Å². The molecule has 2 aromatic rings. The predicted molar refractivity (Wildman–Crippen MR) is 106 cm³/mol. The van der Waals surface area contributed by atoms with Gasteiger partial charge in [-0.05, 0) is 67.5 Å². The summed E-state index contributed by atoms with van der Waals surface area (Å²) >= 11 is 7.51. The molecule has 0 aliphatic rings. The quantitative estimate of drug-likeness (QED) is 0.659. The lowest BCUT2D eigenvalue weighted by atomic mass is 10.1. The van der Waals surface area contributed by atoms with E-state index < -0.39 is 0 Å². The highest BCUT2D eigenvalue weighted by Gasteiger charge is 2.20. The number of hydrogen-bond acceptors (Lipinski definition) is 2. The largest absolute Gasteiger partial charge is 0.341 e. The normalized spacial score (nSPS) is 12.2. The van der Waals surface area contributed by atoms with Gasteiger partial charge in [-0.2, -0.15) is 0 Å². The van der Waals surface area contributed by atoms with E-state index in [2.05, 4.69) is 79.7 Å². The number of thiocarbonyl (C=S) groups is 1. The highest BCUT2D eigenvalue weighted by molar-refractivity contribution is 7.80. The Balaban J connectivity index is 2.13. The molecule has 0 bridgehead atoms. The van der Waals surface area contributed by atoms with Gasteiger partial charge in [-0.1, -0.05) is 32.0 Å². The van der Waals surface area contributed by atoms with Gasteiger partial charge in [0.1, 0.15) is 0 Å². The summed E-state index contributed by atoms with van der Waals surface area (Å²) in [6, 6.07) is 12.9. The van der Waals surface area contributed by atoms with Crippen LogP contribution in [0.15, 0.2) is 41.8 Å². The van der Waals surface area contributed by atoms with E-state index >= 15 is 0 Å². The molecule has 0 saturated heterocycles. The second-order valence-corrected chi connectivity index (χ2v) is 7.73. The molecular formula is C19H26N2S2. The lowest BCUT2D eigenvalue weighted by Crippen LogP contribution is -2.37. The number of rotatable bonds is 6. The molecule has 0 aliphatic carbocycles. The smallest absolute Gasteiger partial charge is 0.173 e. The maximum atomic E-state index is 5.72. The van der Waals surface area contributed by atoms with Crippen LogP contribution in [0.1, 0.15) is 43.7 Å². The van der Waals surface area contributed by atoms with Crippen LogP contribution in [-0.2, 0) is 0 Å². The molecule has 1 aromatic carbocycles. The van der Waals surface area contributed by atoms with Crippen LogP contribution < -0.4 is 5.32 Å². The Labute approximate surface area is 149 Å². The average Bonchev–Trinajstić information content (AvgIpc) is 3.01. The van der Waals surface area contributed by atoms with Gasteiger partial charge >= 0.3 is 0 Å². The summed E-state index contributed by atoms with van der Waals surface area (Å²) in [7, 11) is 0. The summed E-state index contributed by atoms with van der Waals surface area (Å²) in [6.45, 7) is 9.81. The maximum absolute atomic E-state index is 5.72. The van der Waals surface area contributed by atoms with Crippen molar-refractivity contribution < 1.29 is 0 Å². The van der Waals surface area contributed by atoms with Crippen molar-refractivity contribution >= 4 is 34.4 Å². The molecule has 1 heterocycles. The van der Waals surface area contributed by atoms with E-state index in [9.17, 15) is 0 Å². The summed E-state index contributed by atoms with van der Waals surface area (Å²) in [4.78, 5) is 3.66. The molecule has 0 amide bonds. The second kappa shape index (κ2) is 8.46. The van der Waals surface area contributed by atoms with Crippen LogP contribution in [0.4, 0.5) is 5.69 Å². The van der Waals surface area contributed by atoms with Gasteiger partial charge in [0.25, 0.3) is 0 Å². The van der Waals surface area contributed by atoms with E-state index in [0.29, 0.717) is 12.0 Å². The third kappa shape index (κ3) is 5.33. The standard InChI is InChI=1S/C19H26N2S2/c1-14(2)10-11-21(16(4)18-9-6-12-23-18)19(22)20-17-8-5-7-15(3)13-17/h5-9,12-14,16H,10-11H2,1-4H3,(H,20,22)/t16-/m0/s1. The van der Waals surface area contributed by atoms with Crippen molar-refractivity contribution in [3.63, 3.8) is 0 Å². The first-order valence-electron chi connectivity index (χ1n) is 8.15. The molecule has 4 heteroatoms. The molecule has 0 fully saturated rings. The summed E-state index contributed by atoms with van der Waals surface area (Å²) in [5.41, 5.74) is 2.29. The van der Waals surface area contributed by atoms with Gasteiger partial charge in [-0.25, -0.2) is 0 Å². The zero-order valence-electron chi connectivity index (χ0n) is 14.4. The minimum Gasteiger partial charge on any atom is -0.341 e. The Hall–Kier alpha value is -1.39. The number of nitrogens with zero attached hydrogens (tertiary/aromatic N) is 1. The van der Waals surface area contributed by atoms with Crippen molar-refractivity contribution in [1.29, 1.82) is 0 Å². The number of anilines is 1. The average molecular weight is 347 g/mol. The maximum Gasteiger partial charge on any atom is 0.173 e. The van der Waals surface area contributed by atoms with Gasteiger partial charge in [-0.15, -0.1) is 11.3 Å². The van der Waals surface area contributed by atoms with E-state index in [-0.39, 0.29) is 0 Å². The Morgan fingerprint density at radius 3 is 2.61 bits per heavy atom. The van der Waals surface area contributed by atoms with Gasteiger partial charge in [0.05, 0.1) is 6.04 Å². The van der Waals surface area contributed by atoms with E-state index in [1.807, 2.05) is 0 Å². The van der Waals surface area contributed by atoms with Gasteiger partial charge in [0.2, 0.25) is 0 Å². The fraction of sp³-hybridized carbons (Fsp3) is 0.421. The molecule has 1 atom stereocenters. The van der Waals surface area contributed by atoms with E-state index in [1.54, 1.807) is 11.3 Å². The molecule has 0 spiro atoms. The fourth-order valence-corrected chi connectivity index (χ4v) is 3.63. The Morgan fingerprint density at radius 1 is 1.22 bits per heavy atom. The number of nitrogens with one attached hydrogen (secondary N) is 1. The minimum absolute atomic E-state index is 0.290. The third-order valence-corrected chi connectivity index (χ3v) is 5.28. The zero-order chi connectivity index (χ0) is 16.8. The summed E-state index contributed by atoms with van der Waals surface area (Å²) in [5.74, 6) is 0.662. The first kappa shape index (κ1) is 18.0. The topological polar surface area (TPSA) is 15.3 Å². The van der Waals surface area contributed by atoms with Gasteiger partial charge in [-0.3, -0.25) is 0 Å². The first-order chi connectivity index (χ1) is 11.0. The van der Waals surface area contributed by atoms with Crippen LogP contribution in [0.3, 0.4) is 0 Å². The molecule has 0 aliphatic heterocycles. The molecule has 2 nitrogen and oxygen atoms in total. The van der Waals surface area contributed by atoms with Crippen LogP contribution in [0.2, 0.25) is 0 Å². The monoisotopic (exact) mass is 346 g/mol. The molecule has 0 saturated carbocycles. The molecule has 0 unspecified atom stereocenters. The SMILES string of the molecule is Cc1cccc(NC(=S)N(CCC(C)C)[C@@H](C)c2cccs2)c1. The zero-order valence-corrected chi connectivity index (χ0v) is 16.0. The number of benzene rings is 1. The number of hydrogen-bond donors (Lipinski definition) is 1. The van der Waals surface area contributed by atoms with E-state index in [1.165, 1.54) is 10.4 Å². The van der Waals surface area contributed by atoms with E-state index in [0.717, 1.165) is 23.8 Å². The highest BCUT2D eigenvalue weighted by Crippen LogP contribution is 2.26. The summed E-state index contributed by atoms with van der Waals surface area (Å²) < 4.78 is 0. The highest BCUT2D eigenvalue weighted by atomic mass is 32.1. The fourth-order valence-electron chi connectivity index (χ4n) is 2.47. The molecule has 1 aromatic heterocycles. The van der Waals surface area contributed by atoms with Crippen LogP contribution in [0.5, 0.6) is 0 Å². The van der Waals surface area contributed by atoms with Crippen LogP contribution in [-0.4, -0.2) is 16.6 Å². The van der Waals surface area contributed by atoms with E-state index in [4.69, 9.17) is 12.2 Å². The Bertz CT molecular complexity index is 620. The van der Waals surface area contributed by atoms with Crippen molar-refractivity contribution in [3.8, 4) is 0 Å². The van der Waals surface area contributed by atoms with Crippen molar-refractivity contribution in [2.24, 2.45) is 5.92 Å². The molecule has 23 heavy (non-hydrogen) atoms. The van der Waals surface area contributed by atoms with Gasteiger partial charge < -0.3 is 10.2 Å². The molecule has 124 valence electrons. The van der Waals surface area contributed by atoms with Crippen LogP contribution >= 0.6 is 23.6 Å². The van der Waals surface area contributed by atoms with Crippen molar-refractivity contribution in [2.75, 3.05) is 11.9 Å². The second-order valence-electron chi connectivity index (χ2n) is 6.37. The third-order valence-electron chi connectivity index (χ3n) is 3.90. The predicted octanol–water partition coefficient (Wildman–Crippen LogP) is 5.86. The number of aryl methyl sites for hydroxylation is 1. The van der Waals surface area contributed by atoms with Gasteiger partial charge in [0, 0.05) is 17.1 Å². The summed E-state index contributed by atoms with van der Waals surface area (Å²) in [6.07, 6.45) is 1.13. The molecule has 1 N–H and O–H groups in total. The lowest BCUT2D eigenvalue weighted by Gasteiger charge is -2.32. The number of thiophene rings is 1. The summed E-state index contributed by atoms with van der Waals surface area (Å²) in [5, 5.41) is 6.34. The van der Waals surface area contributed by atoms with Crippen molar-refractivity contribution in [2.45, 2.75) is 40.2 Å². The minimum atomic E-state index is 0.290. The van der Waals surface area contributed by atoms with Crippen LogP contribution in [0.25, 0.3) is 0 Å². The molecule has 2 rings (SSSR count). The first-order valence-corrected chi connectivity index (χ1v) is 9.44. The molecular weight excluding hydrogens is 320 g/mol.